The zero-order chi connectivity index (χ0) is 14.8. The summed E-state index contributed by atoms with van der Waals surface area (Å²) in [6.45, 7) is 0. The summed E-state index contributed by atoms with van der Waals surface area (Å²) in [5.41, 5.74) is 0.735. The third kappa shape index (κ3) is 3.49. The summed E-state index contributed by atoms with van der Waals surface area (Å²) in [5.74, 6) is 0.897. The summed E-state index contributed by atoms with van der Waals surface area (Å²) in [5, 5.41) is 3.13. The van der Waals surface area contributed by atoms with Crippen LogP contribution in [-0.4, -0.2) is 34.1 Å². The Morgan fingerprint density at radius 1 is 1.50 bits per heavy atom. The van der Waals surface area contributed by atoms with Crippen molar-refractivity contribution in [1.29, 1.82) is 0 Å². The van der Waals surface area contributed by atoms with Gasteiger partial charge in [0.25, 0.3) is 0 Å². The van der Waals surface area contributed by atoms with Crippen molar-refractivity contribution in [3.8, 4) is 5.75 Å². The average molecular weight is 301 g/mol. The van der Waals surface area contributed by atoms with Crippen LogP contribution >= 0.6 is 0 Å². The third-order valence-corrected chi connectivity index (χ3v) is 5.65. The van der Waals surface area contributed by atoms with Crippen LogP contribution in [0.25, 0.3) is 0 Å². The van der Waals surface area contributed by atoms with Gasteiger partial charge in [-0.05, 0) is 44.0 Å². The Hall–Kier alpha value is -1.14. The van der Waals surface area contributed by atoms with Crippen molar-refractivity contribution in [3.63, 3.8) is 0 Å². The monoisotopic (exact) mass is 301 g/mol. The Kier molecular flexibility index (Phi) is 4.65. The lowest BCUT2D eigenvalue weighted by atomic mass is 9.93. The van der Waals surface area contributed by atoms with E-state index < -0.39 is 9.84 Å². The van der Waals surface area contributed by atoms with Crippen molar-refractivity contribution in [2.45, 2.75) is 18.9 Å². The van der Waals surface area contributed by atoms with Gasteiger partial charge in [-0.3, -0.25) is 0 Å². The Balaban J connectivity index is 2.18. The molecule has 1 aliphatic rings. The lowest BCUT2D eigenvalue weighted by molar-refractivity contribution is 0.383. The largest absolute Gasteiger partial charge is 0.496 e. The van der Waals surface area contributed by atoms with Crippen molar-refractivity contribution in [2.24, 2.45) is 5.92 Å². The van der Waals surface area contributed by atoms with E-state index in [4.69, 9.17) is 4.74 Å². The van der Waals surface area contributed by atoms with Gasteiger partial charge in [-0.25, -0.2) is 12.8 Å². The van der Waals surface area contributed by atoms with Gasteiger partial charge in [0.1, 0.15) is 11.6 Å². The Morgan fingerprint density at radius 2 is 2.25 bits per heavy atom. The molecule has 0 bridgehead atoms. The second kappa shape index (κ2) is 6.10. The average Bonchev–Trinajstić information content (AvgIpc) is 2.75. The van der Waals surface area contributed by atoms with Gasteiger partial charge in [-0.1, -0.05) is 0 Å². The summed E-state index contributed by atoms with van der Waals surface area (Å²) < 4.78 is 41.7. The third-order valence-electron chi connectivity index (χ3n) is 3.81. The van der Waals surface area contributed by atoms with Crippen molar-refractivity contribution in [3.05, 3.63) is 29.6 Å². The molecule has 0 saturated carbocycles. The van der Waals surface area contributed by atoms with Crippen LogP contribution in [0.4, 0.5) is 4.39 Å². The van der Waals surface area contributed by atoms with Crippen molar-refractivity contribution in [1.82, 2.24) is 5.32 Å². The highest BCUT2D eigenvalue weighted by molar-refractivity contribution is 7.91. The number of nitrogens with one attached hydrogen (secondary N) is 1. The van der Waals surface area contributed by atoms with E-state index in [-0.39, 0.29) is 29.3 Å². The highest BCUT2D eigenvalue weighted by atomic mass is 32.2. The van der Waals surface area contributed by atoms with Gasteiger partial charge in [0.15, 0.2) is 9.84 Å². The van der Waals surface area contributed by atoms with Gasteiger partial charge in [0.05, 0.1) is 18.6 Å². The van der Waals surface area contributed by atoms with E-state index in [1.807, 2.05) is 0 Å². The first kappa shape index (κ1) is 15.3. The molecule has 6 heteroatoms. The first-order valence-electron chi connectivity index (χ1n) is 6.66. The van der Waals surface area contributed by atoms with E-state index in [1.165, 1.54) is 12.1 Å². The Morgan fingerprint density at radius 3 is 2.80 bits per heavy atom. The molecule has 0 amide bonds. The van der Waals surface area contributed by atoms with E-state index in [2.05, 4.69) is 5.32 Å². The lowest BCUT2D eigenvalue weighted by Crippen LogP contribution is -2.21. The minimum Gasteiger partial charge on any atom is -0.496 e. The zero-order valence-corrected chi connectivity index (χ0v) is 12.5. The van der Waals surface area contributed by atoms with Gasteiger partial charge < -0.3 is 10.1 Å². The van der Waals surface area contributed by atoms with Crippen LogP contribution in [0.15, 0.2) is 18.2 Å². The lowest BCUT2D eigenvalue weighted by Gasteiger charge is -2.22. The molecule has 1 aromatic carbocycles. The predicted molar refractivity (Wildman–Crippen MR) is 76.1 cm³/mol. The molecule has 112 valence electrons. The van der Waals surface area contributed by atoms with E-state index in [0.717, 1.165) is 5.56 Å². The van der Waals surface area contributed by atoms with Crippen LogP contribution in [0.2, 0.25) is 0 Å². The van der Waals surface area contributed by atoms with E-state index in [1.54, 1.807) is 20.2 Å². The Bertz CT molecular complexity index is 574. The van der Waals surface area contributed by atoms with E-state index >= 15 is 0 Å². The molecule has 1 N–H and O–H groups in total. The maximum Gasteiger partial charge on any atom is 0.150 e. The summed E-state index contributed by atoms with van der Waals surface area (Å²) >= 11 is 0. The number of methoxy groups -OCH3 is 1. The van der Waals surface area contributed by atoms with Crippen LogP contribution in [0.5, 0.6) is 5.75 Å². The zero-order valence-electron chi connectivity index (χ0n) is 11.7. The molecule has 1 aliphatic heterocycles. The first-order valence-corrected chi connectivity index (χ1v) is 8.48. The molecule has 2 rings (SSSR count). The molecule has 1 fully saturated rings. The highest BCUT2D eigenvalue weighted by Gasteiger charge is 2.30. The number of benzene rings is 1. The number of hydrogen-bond acceptors (Lipinski definition) is 4. The molecule has 2 atom stereocenters. The van der Waals surface area contributed by atoms with Crippen LogP contribution in [0.1, 0.15) is 24.4 Å². The molecular weight excluding hydrogens is 281 g/mol. The smallest absolute Gasteiger partial charge is 0.150 e. The van der Waals surface area contributed by atoms with Crippen molar-refractivity contribution in [2.75, 3.05) is 25.7 Å². The van der Waals surface area contributed by atoms with Crippen LogP contribution < -0.4 is 10.1 Å². The predicted octanol–water partition coefficient (Wildman–Crippen LogP) is 1.92. The molecule has 1 aromatic rings. The molecule has 1 saturated heterocycles. The summed E-state index contributed by atoms with van der Waals surface area (Å²) in [6.07, 6.45) is 1.34. The SMILES string of the molecule is CNC(CC1CCS(=O)(=O)C1)c1cc(F)ccc1OC. The maximum atomic E-state index is 13.4. The molecular formula is C14H20FNO3S. The topological polar surface area (TPSA) is 55.4 Å². The maximum absolute atomic E-state index is 13.4. The number of hydrogen-bond donors (Lipinski definition) is 1. The fourth-order valence-corrected chi connectivity index (χ4v) is 4.65. The second-order valence-corrected chi connectivity index (χ2v) is 7.46. The quantitative estimate of drug-likeness (QED) is 0.903. The molecule has 2 unspecified atom stereocenters. The molecule has 4 nitrogen and oxygen atoms in total. The fourth-order valence-electron chi connectivity index (χ4n) is 2.77. The van der Waals surface area contributed by atoms with Crippen LogP contribution in [0.3, 0.4) is 0 Å². The molecule has 0 radical (unpaired) electrons. The summed E-state index contributed by atoms with van der Waals surface area (Å²) in [7, 11) is 0.447. The van der Waals surface area contributed by atoms with Gasteiger partial charge in [0.2, 0.25) is 0 Å². The standard InChI is InChI=1S/C14H20FNO3S/c1-16-13(7-10-5-6-20(17,18)9-10)12-8-11(15)3-4-14(12)19-2/h3-4,8,10,13,16H,5-7,9H2,1-2H3. The molecule has 1 heterocycles. The highest BCUT2D eigenvalue weighted by Crippen LogP contribution is 2.33. The Labute approximate surface area is 119 Å². The number of halogens is 1. The summed E-state index contributed by atoms with van der Waals surface area (Å²) in [4.78, 5) is 0. The number of sulfone groups is 1. The fraction of sp³-hybridized carbons (Fsp3) is 0.571. The number of rotatable bonds is 5. The molecule has 0 spiro atoms. The number of ether oxygens (including phenoxy) is 1. The second-order valence-electron chi connectivity index (χ2n) is 5.23. The van der Waals surface area contributed by atoms with Crippen molar-refractivity contribution >= 4 is 9.84 Å². The minimum atomic E-state index is -2.89. The van der Waals surface area contributed by atoms with Crippen LogP contribution in [-0.2, 0) is 9.84 Å². The van der Waals surface area contributed by atoms with Gasteiger partial charge in [0, 0.05) is 11.6 Å². The molecule has 20 heavy (non-hydrogen) atoms. The van der Waals surface area contributed by atoms with Gasteiger partial charge in [-0.2, -0.15) is 0 Å². The molecule has 0 aliphatic carbocycles. The van der Waals surface area contributed by atoms with Gasteiger partial charge in [-0.15, -0.1) is 0 Å². The first-order chi connectivity index (χ1) is 9.45. The van der Waals surface area contributed by atoms with Crippen LogP contribution in [0, 0.1) is 11.7 Å². The van der Waals surface area contributed by atoms with E-state index in [0.29, 0.717) is 18.6 Å². The van der Waals surface area contributed by atoms with Gasteiger partial charge >= 0.3 is 0 Å². The normalized spacial score (nSPS) is 22.6. The molecule has 0 aromatic heterocycles. The van der Waals surface area contributed by atoms with Crippen molar-refractivity contribution < 1.29 is 17.5 Å². The minimum absolute atomic E-state index is 0.112. The summed E-state index contributed by atoms with van der Waals surface area (Å²) in [6, 6.07) is 4.29. The van der Waals surface area contributed by atoms with E-state index in [9.17, 15) is 12.8 Å².